The van der Waals surface area contributed by atoms with Crippen LogP contribution in [0.4, 0.5) is 13.2 Å². The lowest BCUT2D eigenvalue weighted by Gasteiger charge is -2.08. The van der Waals surface area contributed by atoms with Gasteiger partial charge >= 0.3 is 0 Å². The van der Waals surface area contributed by atoms with Crippen LogP contribution in [0.3, 0.4) is 0 Å². The Hall–Kier alpha value is -1.56. The molecule has 1 aliphatic carbocycles. The zero-order valence-corrected chi connectivity index (χ0v) is 8.97. The molecule has 0 amide bonds. The Morgan fingerprint density at radius 2 is 2.00 bits per heavy atom. The summed E-state index contributed by atoms with van der Waals surface area (Å²) in [5.41, 5.74) is 4.94. The summed E-state index contributed by atoms with van der Waals surface area (Å²) in [5.74, 6) is -5.97. The first-order chi connectivity index (χ1) is 7.97. The number of carbonyl (C=O) groups excluding carboxylic acids is 1. The van der Waals surface area contributed by atoms with E-state index in [1.54, 1.807) is 0 Å². The van der Waals surface area contributed by atoms with E-state index in [4.69, 9.17) is 5.73 Å². The first kappa shape index (κ1) is 11.9. The SMILES string of the molecule is COc1c(F)c(F)cc(C(=O)C2CC2N)c1F. The molecule has 3 nitrogen and oxygen atoms in total. The van der Waals surface area contributed by atoms with Gasteiger partial charge in [0.25, 0.3) is 0 Å². The summed E-state index contributed by atoms with van der Waals surface area (Å²) in [7, 11) is 0.998. The van der Waals surface area contributed by atoms with Gasteiger partial charge < -0.3 is 10.5 Å². The summed E-state index contributed by atoms with van der Waals surface area (Å²) in [6.07, 6.45) is 0.430. The molecule has 2 rings (SSSR count). The maximum absolute atomic E-state index is 13.7. The molecule has 0 aromatic heterocycles. The van der Waals surface area contributed by atoms with Crippen LogP contribution < -0.4 is 10.5 Å². The lowest BCUT2D eigenvalue weighted by molar-refractivity contribution is 0.0960. The highest BCUT2D eigenvalue weighted by molar-refractivity contribution is 6.00. The molecule has 0 aliphatic heterocycles. The Morgan fingerprint density at radius 3 is 2.47 bits per heavy atom. The van der Waals surface area contributed by atoms with E-state index in [1.165, 1.54) is 0 Å². The molecule has 0 bridgehead atoms. The minimum atomic E-state index is -1.44. The van der Waals surface area contributed by atoms with Gasteiger partial charge in [-0.1, -0.05) is 0 Å². The first-order valence-corrected chi connectivity index (χ1v) is 4.98. The fourth-order valence-electron chi connectivity index (χ4n) is 1.65. The third-order valence-electron chi connectivity index (χ3n) is 2.76. The van der Waals surface area contributed by atoms with Gasteiger partial charge in [-0.2, -0.15) is 4.39 Å². The Bertz CT molecular complexity index is 490. The molecular weight excluding hydrogens is 235 g/mol. The highest BCUT2D eigenvalue weighted by atomic mass is 19.2. The monoisotopic (exact) mass is 245 g/mol. The van der Waals surface area contributed by atoms with Gasteiger partial charge in [-0.3, -0.25) is 4.79 Å². The number of nitrogens with two attached hydrogens (primary N) is 1. The van der Waals surface area contributed by atoms with E-state index in [2.05, 4.69) is 4.74 Å². The zero-order valence-electron chi connectivity index (χ0n) is 8.97. The van der Waals surface area contributed by atoms with Crippen molar-refractivity contribution in [3.63, 3.8) is 0 Å². The molecule has 1 fully saturated rings. The van der Waals surface area contributed by atoms with Crippen molar-refractivity contribution in [3.8, 4) is 5.75 Å². The van der Waals surface area contributed by atoms with Crippen molar-refractivity contribution < 1.29 is 22.7 Å². The van der Waals surface area contributed by atoms with Gasteiger partial charge in [-0.25, -0.2) is 8.78 Å². The second kappa shape index (κ2) is 4.03. The molecule has 2 N–H and O–H groups in total. The minimum Gasteiger partial charge on any atom is -0.491 e. The van der Waals surface area contributed by atoms with Crippen LogP contribution in [0, 0.1) is 23.4 Å². The Kier molecular flexibility index (Phi) is 2.82. The van der Waals surface area contributed by atoms with Gasteiger partial charge in [0.2, 0.25) is 5.82 Å². The topological polar surface area (TPSA) is 52.3 Å². The normalized spacial score (nSPS) is 22.4. The van der Waals surface area contributed by atoms with Crippen LogP contribution in [0.2, 0.25) is 0 Å². The van der Waals surface area contributed by atoms with E-state index in [1.807, 2.05) is 0 Å². The second-order valence-electron chi connectivity index (χ2n) is 3.94. The number of hydrogen-bond acceptors (Lipinski definition) is 3. The maximum Gasteiger partial charge on any atom is 0.203 e. The van der Waals surface area contributed by atoms with E-state index in [0.717, 1.165) is 7.11 Å². The number of ether oxygens (including phenoxy) is 1. The van der Waals surface area contributed by atoms with Crippen LogP contribution in [0.25, 0.3) is 0 Å². The number of carbonyl (C=O) groups is 1. The van der Waals surface area contributed by atoms with Crippen molar-refractivity contribution in [2.75, 3.05) is 7.11 Å². The molecule has 1 saturated carbocycles. The maximum atomic E-state index is 13.7. The summed E-state index contributed by atoms with van der Waals surface area (Å²) < 4.78 is 44.4. The number of ketones is 1. The van der Waals surface area contributed by atoms with Crippen molar-refractivity contribution in [1.82, 2.24) is 0 Å². The highest BCUT2D eigenvalue weighted by Crippen LogP contribution is 2.35. The molecule has 2 atom stereocenters. The molecule has 1 aliphatic rings. The molecule has 0 saturated heterocycles. The van der Waals surface area contributed by atoms with E-state index in [-0.39, 0.29) is 6.04 Å². The van der Waals surface area contributed by atoms with Gasteiger partial charge in [-0.05, 0) is 12.5 Å². The van der Waals surface area contributed by atoms with Crippen molar-refractivity contribution in [3.05, 3.63) is 29.1 Å². The summed E-state index contributed by atoms with van der Waals surface area (Å²) in [6, 6.07) is 0.210. The number of methoxy groups -OCH3 is 1. The summed E-state index contributed by atoms with van der Waals surface area (Å²) in [6.45, 7) is 0. The lowest BCUT2D eigenvalue weighted by atomic mass is 10.1. The molecule has 6 heteroatoms. The van der Waals surface area contributed by atoms with Crippen molar-refractivity contribution in [2.24, 2.45) is 11.7 Å². The third kappa shape index (κ3) is 1.88. The van der Waals surface area contributed by atoms with Gasteiger partial charge in [-0.15, -0.1) is 0 Å². The quantitative estimate of drug-likeness (QED) is 0.650. The third-order valence-corrected chi connectivity index (χ3v) is 2.76. The fraction of sp³-hybridized carbons (Fsp3) is 0.364. The van der Waals surface area contributed by atoms with E-state index in [9.17, 15) is 18.0 Å². The molecule has 92 valence electrons. The van der Waals surface area contributed by atoms with Crippen LogP contribution in [0.15, 0.2) is 6.07 Å². The number of Topliss-reactive ketones (excluding diaryl/α,β-unsaturated/α-hetero) is 1. The Balaban J connectivity index is 2.47. The molecular formula is C11H10F3NO2. The second-order valence-corrected chi connectivity index (χ2v) is 3.94. The van der Waals surface area contributed by atoms with Gasteiger partial charge in [0.15, 0.2) is 23.2 Å². The average molecular weight is 245 g/mol. The zero-order chi connectivity index (χ0) is 12.7. The van der Waals surface area contributed by atoms with E-state index >= 15 is 0 Å². The molecule has 2 unspecified atom stereocenters. The number of hydrogen-bond donors (Lipinski definition) is 1. The fourth-order valence-corrected chi connectivity index (χ4v) is 1.65. The number of halogens is 3. The first-order valence-electron chi connectivity index (χ1n) is 4.98. The summed E-state index contributed by atoms with van der Waals surface area (Å²) in [5, 5.41) is 0. The smallest absolute Gasteiger partial charge is 0.203 e. The average Bonchev–Trinajstić information content (AvgIpc) is 3.01. The predicted molar refractivity (Wildman–Crippen MR) is 53.3 cm³/mol. The largest absolute Gasteiger partial charge is 0.491 e. The van der Waals surface area contributed by atoms with Crippen LogP contribution in [0.1, 0.15) is 16.8 Å². The van der Waals surface area contributed by atoms with Crippen LogP contribution in [-0.2, 0) is 0 Å². The van der Waals surface area contributed by atoms with Crippen molar-refractivity contribution in [1.29, 1.82) is 0 Å². The van der Waals surface area contributed by atoms with Gasteiger partial charge in [0.05, 0.1) is 12.7 Å². The molecule has 17 heavy (non-hydrogen) atoms. The Labute approximate surface area is 95.4 Å². The number of benzene rings is 1. The standard InChI is InChI=1S/C11H10F3NO2/c1-17-11-8(13)5(2-6(12)9(11)14)10(16)4-3-7(4)15/h2,4,7H,3,15H2,1H3. The predicted octanol–water partition coefficient (Wildman–Crippen LogP) is 1.64. The molecule has 0 spiro atoms. The van der Waals surface area contributed by atoms with Gasteiger partial charge in [0.1, 0.15) is 0 Å². The molecule has 0 heterocycles. The van der Waals surface area contributed by atoms with Crippen LogP contribution >= 0.6 is 0 Å². The molecule has 1 aromatic rings. The van der Waals surface area contributed by atoms with Crippen molar-refractivity contribution >= 4 is 5.78 Å². The van der Waals surface area contributed by atoms with Crippen LogP contribution in [0.5, 0.6) is 5.75 Å². The Morgan fingerprint density at radius 1 is 1.41 bits per heavy atom. The molecule has 0 radical (unpaired) electrons. The minimum absolute atomic E-state index is 0.332. The van der Waals surface area contributed by atoms with Crippen molar-refractivity contribution in [2.45, 2.75) is 12.5 Å². The van der Waals surface area contributed by atoms with E-state index < -0.39 is 40.5 Å². The van der Waals surface area contributed by atoms with Gasteiger partial charge in [0, 0.05) is 12.0 Å². The van der Waals surface area contributed by atoms with Crippen LogP contribution in [-0.4, -0.2) is 18.9 Å². The number of rotatable bonds is 3. The highest BCUT2D eigenvalue weighted by Gasteiger charge is 2.42. The summed E-state index contributed by atoms with van der Waals surface area (Å²) >= 11 is 0. The molecule has 1 aromatic carbocycles. The summed E-state index contributed by atoms with van der Waals surface area (Å²) in [4.78, 5) is 11.7. The lowest BCUT2D eigenvalue weighted by Crippen LogP contribution is -2.14. The van der Waals surface area contributed by atoms with E-state index in [0.29, 0.717) is 12.5 Å².